The molecule has 140 valence electrons. The number of carbonyl (C=O) groups is 1. The molecule has 0 aliphatic carbocycles. The van der Waals surface area contributed by atoms with E-state index < -0.39 is 17.6 Å². The minimum Gasteiger partial charge on any atom is -0.490 e. The third-order valence-corrected chi connectivity index (χ3v) is 4.25. The van der Waals surface area contributed by atoms with Gasteiger partial charge in [0.1, 0.15) is 0 Å². The number of hydrogen-bond donors (Lipinski definition) is 1. The molecule has 1 N–H and O–H groups in total. The highest BCUT2D eigenvalue weighted by molar-refractivity contribution is 5.88. The number of halogens is 2. The van der Waals surface area contributed by atoms with E-state index in [1.165, 1.54) is 55.7 Å². The summed E-state index contributed by atoms with van der Waals surface area (Å²) in [6, 6.07) is 8.49. The van der Waals surface area contributed by atoms with E-state index in [0.717, 1.165) is 19.3 Å². The van der Waals surface area contributed by atoms with Gasteiger partial charge in [0.25, 0.3) is 0 Å². The zero-order valence-electron chi connectivity index (χ0n) is 14.9. The summed E-state index contributed by atoms with van der Waals surface area (Å²) < 4.78 is 34.0. The standard InChI is InChI=1S/C21H24F2O3/c1-2-3-4-5-6-7-14-26-18-13-12-17(19(22)20(18)23)15-8-10-16(11-9-15)21(24)25/h8-13H,2-7,14H2,1H3,(H,24,25). The molecule has 0 aromatic heterocycles. The van der Waals surface area contributed by atoms with Gasteiger partial charge in [0, 0.05) is 5.56 Å². The lowest BCUT2D eigenvalue weighted by Gasteiger charge is -2.11. The first-order chi connectivity index (χ1) is 12.5. The maximum absolute atomic E-state index is 14.4. The number of aromatic carboxylic acids is 1. The van der Waals surface area contributed by atoms with E-state index in [0.29, 0.717) is 12.2 Å². The summed E-state index contributed by atoms with van der Waals surface area (Å²) in [7, 11) is 0. The molecule has 0 radical (unpaired) electrons. The van der Waals surface area contributed by atoms with Crippen molar-refractivity contribution in [2.24, 2.45) is 0 Å². The van der Waals surface area contributed by atoms with Gasteiger partial charge in [-0.05, 0) is 36.2 Å². The van der Waals surface area contributed by atoms with Crippen molar-refractivity contribution in [3.8, 4) is 16.9 Å². The third kappa shape index (κ3) is 5.28. The van der Waals surface area contributed by atoms with Crippen LogP contribution in [0.3, 0.4) is 0 Å². The molecule has 2 aromatic carbocycles. The molecule has 0 unspecified atom stereocenters. The van der Waals surface area contributed by atoms with Crippen molar-refractivity contribution in [2.75, 3.05) is 6.61 Å². The van der Waals surface area contributed by atoms with Gasteiger partial charge in [-0.3, -0.25) is 0 Å². The maximum atomic E-state index is 14.4. The largest absolute Gasteiger partial charge is 0.490 e. The van der Waals surface area contributed by atoms with Crippen molar-refractivity contribution in [3.05, 3.63) is 53.6 Å². The molecule has 3 nitrogen and oxygen atoms in total. The molecular formula is C21H24F2O3. The van der Waals surface area contributed by atoms with Gasteiger partial charge in [-0.2, -0.15) is 4.39 Å². The lowest BCUT2D eigenvalue weighted by molar-refractivity contribution is 0.0697. The van der Waals surface area contributed by atoms with Crippen LogP contribution in [-0.2, 0) is 0 Å². The molecule has 5 heteroatoms. The number of rotatable bonds is 10. The predicted octanol–water partition coefficient (Wildman–Crippen LogP) is 6.07. The molecule has 0 aliphatic rings. The smallest absolute Gasteiger partial charge is 0.335 e. The zero-order valence-corrected chi connectivity index (χ0v) is 14.9. The van der Waals surface area contributed by atoms with Gasteiger partial charge in [0.05, 0.1) is 12.2 Å². The fraction of sp³-hybridized carbons (Fsp3) is 0.381. The molecule has 26 heavy (non-hydrogen) atoms. The predicted molar refractivity (Wildman–Crippen MR) is 97.6 cm³/mol. The molecule has 0 heterocycles. The fourth-order valence-electron chi connectivity index (χ4n) is 2.72. The van der Waals surface area contributed by atoms with E-state index in [1.807, 2.05) is 0 Å². The van der Waals surface area contributed by atoms with Crippen molar-refractivity contribution >= 4 is 5.97 Å². The average molecular weight is 362 g/mol. The number of hydrogen-bond acceptors (Lipinski definition) is 2. The second kappa shape index (κ2) is 9.90. The molecule has 0 bridgehead atoms. The van der Waals surface area contributed by atoms with Crippen LogP contribution in [0, 0.1) is 11.6 Å². The van der Waals surface area contributed by atoms with Crippen LogP contribution >= 0.6 is 0 Å². The molecule has 0 atom stereocenters. The summed E-state index contributed by atoms with van der Waals surface area (Å²) in [5.41, 5.74) is 0.578. The van der Waals surface area contributed by atoms with E-state index in [2.05, 4.69) is 6.92 Å². The van der Waals surface area contributed by atoms with Crippen LogP contribution in [0.25, 0.3) is 11.1 Å². The molecule has 0 amide bonds. The molecule has 2 rings (SSSR count). The van der Waals surface area contributed by atoms with Crippen LogP contribution in [0.4, 0.5) is 8.78 Å². The van der Waals surface area contributed by atoms with Gasteiger partial charge in [0.15, 0.2) is 11.6 Å². The first kappa shape index (κ1) is 19.9. The van der Waals surface area contributed by atoms with Crippen molar-refractivity contribution in [1.82, 2.24) is 0 Å². The summed E-state index contributed by atoms with van der Waals surface area (Å²) in [5, 5.41) is 8.89. The summed E-state index contributed by atoms with van der Waals surface area (Å²) in [6.07, 6.45) is 6.54. The Morgan fingerprint density at radius 3 is 2.23 bits per heavy atom. The van der Waals surface area contributed by atoms with E-state index in [4.69, 9.17) is 9.84 Å². The molecule has 0 fully saturated rings. The third-order valence-electron chi connectivity index (χ3n) is 4.25. The van der Waals surface area contributed by atoms with E-state index >= 15 is 0 Å². The Bertz CT molecular complexity index is 727. The summed E-state index contributed by atoms with van der Waals surface area (Å²) in [4.78, 5) is 10.9. The molecule has 2 aromatic rings. The zero-order chi connectivity index (χ0) is 18.9. The van der Waals surface area contributed by atoms with E-state index in [-0.39, 0.29) is 16.9 Å². The monoisotopic (exact) mass is 362 g/mol. The van der Waals surface area contributed by atoms with Gasteiger partial charge in [-0.1, -0.05) is 51.2 Å². The Morgan fingerprint density at radius 1 is 0.923 bits per heavy atom. The van der Waals surface area contributed by atoms with Crippen LogP contribution in [0.2, 0.25) is 0 Å². The Hall–Kier alpha value is -2.43. The Kier molecular flexibility index (Phi) is 7.57. The van der Waals surface area contributed by atoms with E-state index in [1.54, 1.807) is 0 Å². The van der Waals surface area contributed by atoms with Crippen molar-refractivity contribution in [3.63, 3.8) is 0 Å². The lowest BCUT2D eigenvalue weighted by atomic mass is 10.0. The summed E-state index contributed by atoms with van der Waals surface area (Å²) in [5.74, 6) is -3.17. The normalized spacial score (nSPS) is 10.7. The molecule has 0 saturated carbocycles. The maximum Gasteiger partial charge on any atom is 0.335 e. The van der Waals surface area contributed by atoms with Crippen LogP contribution in [0.5, 0.6) is 5.75 Å². The van der Waals surface area contributed by atoms with Crippen molar-refractivity contribution < 1.29 is 23.4 Å². The van der Waals surface area contributed by atoms with Crippen LogP contribution in [0.15, 0.2) is 36.4 Å². The average Bonchev–Trinajstić information content (AvgIpc) is 2.64. The molecule has 0 spiro atoms. The Balaban J connectivity index is 1.98. The number of ether oxygens (including phenoxy) is 1. The number of carboxylic acid groups (broad SMARTS) is 1. The van der Waals surface area contributed by atoms with Gasteiger partial charge in [0.2, 0.25) is 5.82 Å². The second-order valence-corrected chi connectivity index (χ2v) is 6.24. The highest BCUT2D eigenvalue weighted by atomic mass is 19.2. The topological polar surface area (TPSA) is 46.5 Å². The Labute approximate surface area is 152 Å². The highest BCUT2D eigenvalue weighted by Gasteiger charge is 2.16. The summed E-state index contributed by atoms with van der Waals surface area (Å²) >= 11 is 0. The number of benzene rings is 2. The van der Waals surface area contributed by atoms with Gasteiger partial charge >= 0.3 is 5.97 Å². The molecule has 0 saturated heterocycles. The highest BCUT2D eigenvalue weighted by Crippen LogP contribution is 2.30. The van der Waals surface area contributed by atoms with Crippen LogP contribution < -0.4 is 4.74 Å². The number of carboxylic acids is 1. The lowest BCUT2D eigenvalue weighted by Crippen LogP contribution is -2.02. The van der Waals surface area contributed by atoms with E-state index in [9.17, 15) is 13.6 Å². The Morgan fingerprint density at radius 2 is 1.58 bits per heavy atom. The van der Waals surface area contributed by atoms with Gasteiger partial charge in [-0.15, -0.1) is 0 Å². The van der Waals surface area contributed by atoms with Crippen LogP contribution in [0.1, 0.15) is 55.8 Å². The fourth-order valence-corrected chi connectivity index (χ4v) is 2.72. The molecular weight excluding hydrogens is 338 g/mol. The van der Waals surface area contributed by atoms with Crippen molar-refractivity contribution in [1.29, 1.82) is 0 Å². The first-order valence-corrected chi connectivity index (χ1v) is 8.99. The minimum atomic E-state index is -1.07. The SMILES string of the molecule is CCCCCCCCOc1ccc(-c2ccc(C(=O)O)cc2)c(F)c1F. The van der Waals surface area contributed by atoms with Gasteiger partial charge in [-0.25, -0.2) is 9.18 Å². The summed E-state index contributed by atoms with van der Waals surface area (Å²) in [6.45, 7) is 2.51. The quantitative estimate of drug-likeness (QED) is 0.522. The molecule has 0 aliphatic heterocycles. The van der Waals surface area contributed by atoms with Crippen molar-refractivity contribution in [2.45, 2.75) is 45.4 Å². The van der Waals surface area contributed by atoms with Crippen LogP contribution in [-0.4, -0.2) is 17.7 Å². The number of unbranched alkanes of at least 4 members (excludes halogenated alkanes) is 5. The second-order valence-electron chi connectivity index (χ2n) is 6.24. The van der Waals surface area contributed by atoms with Gasteiger partial charge < -0.3 is 9.84 Å². The minimum absolute atomic E-state index is 0.0753. The first-order valence-electron chi connectivity index (χ1n) is 8.99.